The number of hydrogen-bond donors (Lipinski definition) is 1. The molecule has 0 radical (unpaired) electrons. The molecule has 0 amide bonds. The van der Waals surface area contributed by atoms with Gasteiger partial charge in [0.05, 0.1) is 11.0 Å². The van der Waals surface area contributed by atoms with Crippen molar-refractivity contribution in [2.45, 2.75) is 13.3 Å². The quantitative estimate of drug-likeness (QED) is 0.875. The Morgan fingerprint density at radius 2 is 2.11 bits per heavy atom. The van der Waals surface area contributed by atoms with Gasteiger partial charge in [-0.1, -0.05) is 15.9 Å². The Bertz CT molecular complexity index is 597. The Hall–Kier alpha value is -1.07. The maximum atomic E-state index is 4.86. The molecular weight excluding hydrogens is 304 g/mol. The number of fused-ring (bicyclic) bond motifs is 1. The summed E-state index contributed by atoms with van der Waals surface area (Å²) in [6.45, 7) is 6.35. The van der Waals surface area contributed by atoms with E-state index in [1.807, 2.05) is 0 Å². The first-order valence-corrected chi connectivity index (χ1v) is 7.54. The molecule has 4 nitrogen and oxygen atoms in total. The van der Waals surface area contributed by atoms with Crippen LogP contribution in [-0.4, -0.2) is 35.7 Å². The maximum absolute atomic E-state index is 4.86. The molecule has 1 aliphatic heterocycles. The number of nitrogens with zero attached hydrogens (tertiary/aromatic N) is 3. The lowest BCUT2D eigenvalue weighted by Crippen LogP contribution is -2.29. The van der Waals surface area contributed by atoms with E-state index >= 15 is 0 Å². The third-order valence-electron chi connectivity index (χ3n) is 3.74. The summed E-state index contributed by atoms with van der Waals surface area (Å²) in [6, 6.07) is 4.28. The van der Waals surface area contributed by atoms with Gasteiger partial charge in [0.2, 0.25) is 5.95 Å². The van der Waals surface area contributed by atoms with Crippen LogP contribution in [0.4, 0.5) is 5.95 Å². The number of aryl methyl sites for hydroxylation is 2. The van der Waals surface area contributed by atoms with Crippen LogP contribution in [0.3, 0.4) is 0 Å². The highest BCUT2D eigenvalue weighted by atomic mass is 79.9. The summed E-state index contributed by atoms with van der Waals surface area (Å²) in [5, 5.41) is 3.43. The first-order chi connectivity index (χ1) is 9.16. The van der Waals surface area contributed by atoms with E-state index in [-0.39, 0.29) is 0 Å². The Kier molecular flexibility index (Phi) is 3.50. The third-order valence-corrected chi connectivity index (χ3v) is 4.20. The Labute approximate surface area is 121 Å². The maximum Gasteiger partial charge on any atom is 0.206 e. The Balaban J connectivity index is 2.08. The molecule has 0 atom stereocenters. The number of anilines is 1. The second kappa shape index (κ2) is 5.13. The van der Waals surface area contributed by atoms with E-state index in [4.69, 9.17) is 4.98 Å². The van der Waals surface area contributed by atoms with E-state index in [1.165, 1.54) is 17.5 Å². The summed E-state index contributed by atoms with van der Waals surface area (Å²) in [5.74, 6) is 1.08. The number of rotatable bonds is 1. The van der Waals surface area contributed by atoms with Crippen molar-refractivity contribution in [3.8, 4) is 0 Å². The van der Waals surface area contributed by atoms with E-state index in [1.54, 1.807) is 0 Å². The van der Waals surface area contributed by atoms with Crippen molar-refractivity contribution in [2.75, 3.05) is 31.1 Å². The highest BCUT2D eigenvalue weighted by Crippen LogP contribution is 2.27. The van der Waals surface area contributed by atoms with Gasteiger partial charge in [-0.3, -0.25) is 0 Å². The molecule has 5 heteroatoms. The number of halogens is 1. The van der Waals surface area contributed by atoms with Crippen molar-refractivity contribution in [1.82, 2.24) is 14.9 Å². The van der Waals surface area contributed by atoms with Gasteiger partial charge in [0.1, 0.15) is 0 Å². The van der Waals surface area contributed by atoms with Gasteiger partial charge in [0.15, 0.2) is 0 Å². The predicted octanol–water partition coefficient (Wildman–Crippen LogP) is 2.44. The summed E-state index contributed by atoms with van der Waals surface area (Å²) in [6.07, 6.45) is 1.17. The molecule has 1 aliphatic rings. The van der Waals surface area contributed by atoms with Crippen LogP contribution < -0.4 is 10.2 Å². The molecule has 3 rings (SSSR count). The SMILES string of the molecule is Cc1cc(Br)cc2c1nc(N1CCCNCC1)n2C. The molecule has 1 saturated heterocycles. The largest absolute Gasteiger partial charge is 0.341 e. The van der Waals surface area contributed by atoms with Crippen molar-refractivity contribution < 1.29 is 0 Å². The van der Waals surface area contributed by atoms with Crippen molar-refractivity contribution >= 4 is 32.9 Å². The molecule has 2 heterocycles. The van der Waals surface area contributed by atoms with Gasteiger partial charge in [-0.15, -0.1) is 0 Å². The first-order valence-electron chi connectivity index (χ1n) is 6.75. The molecule has 0 bridgehead atoms. The average molecular weight is 323 g/mol. The normalized spacial score (nSPS) is 16.9. The van der Waals surface area contributed by atoms with E-state index < -0.39 is 0 Å². The number of benzene rings is 1. The van der Waals surface area contributed by atoms with Crippen LogP contribution in [0, 0.1) is 6.92 Å². The summed E-state index contributed by atoms with van der Waals surface area (Å²) < 4.78 is 3.32. The molecular formula is C14H19BrN4. The van der Waals surface area contributed by atoms with Gasteiger partial charge in [-0.2, -0.15) is 0 Å². The topological polar surface area (TPSA) is 33.1 Å². The van der Waals surface area contributed by atoms with Crippen LogP contribution in [0.1, 0.15) is 12.0 Å². The van der Waals surface area contributed by atoms with Crippen LogP contribution in [0.15, 0.2) is 16.6 Å². The van der Waals surface area contributed by atoms with Crippen LogP contribution in [0.2, 0.25) is 0 Å². The van der Waals surface area contributed by atoms with Gasteiger partial charge in [0, 0.05) is 31.2 Å². The fourth-order valence-corrected chi connectivity index (χ4v) is 3.29. The smallest absolute Gasteiger partial charge is 0.206 e. The molecule has 0 aliphatic carbocycles. The zero-order valence-corrected chi connectivity index (χ0v) is 13.0. The van der Waals surface area contributed by atoms with Gasteiger partial charge in [0.25, 0.3) is 0 Å². The van der Waals surface area contributed by atoms with E-state index in [2.05, 4.69) is 56.8 Å². The number of nitrogens with one attached hydrogen (secondary N) is 1. The summed E-state index contributed by atoms with van der Waals surface area (Å²) in [5.41, 5.74) is 3.52. The number of imidazole rings is 1. The molecule has 1 aromatic heterocycles. The van der Waals surface area contributed by atoms with Crippen molar-refractivity contribution in [3.63, 3.8) is 0 Å². The predicted molar refractivity (Wildman–Crippen MR) is 82.9 cm³/mol. The van der Waals surface area contributed by atoms with Crippen molar-refractivity contribution in [3.05, 3.63) is 22.2 Å². The Morgan fingerprint density at radius 1 is 1.26 bits per heavy atom. The molecule has 0 spiro atoms. The average Bonchev–Trinajstić information content (AvgIpc) is 2.58. The van der Waals surface area contributed by atoms with Gasteiger partial charge >= 0.3 is 0 Å². The minimum atomic E-state index is 1.03. The van der Waals surface area contributed by atoms with Crippen molar-refractivity contribution in [1.29, 1.82) is 0 Å². The molecule has 0 unspecified atom stereocenters. The minimum Gasteiger partial charge on any atom is -0.341 e. The number of aromatic nitrogens is 2. The van der Waals surface area contributed by atoms with Gasteiger partial charge in [-0.05, 0) is 37.6 Å². The van der Waals surface area contributed by atoms with Gasteiger partial charge in [-0.25, -0.2) is 4.98 Å². The Morgan fingerprint density at radius 3 is 2.95 bits per heavy atom. The summed E-state index contributed by atoms with van der Waals surface area (Å²) in [4.78, 5) is 7.24. The third kappa shape index (κ3) is 2.37. The highest BCUT2D eigenvalue weighted by Gasteiger charge is 2.17. The van der Waals surface area contributed by atoms with Crippen LogP contribution >= 0.6 is 15.9 Å². The molecule has 2 aromatic rings. The summed E-state index contributed by atoms with van der Waals surface area (Å²) >= 11 is 3.57. The molecule has 1 fully saturated rings. The second-order valence-electron chi connectivity index (χ2n) is 5.15. The highest BCUT2D eigenvalue weighted by molar-refractivity contribution is 9.10. The van der Waals surface area contributed by atoms with Crippen LogP contribution in [-0.2, 0) is 7.05 Å². The van der Waals surface area contributed by atoms with Crippen LogP contribution in [0.25, 0.3) is 11.0 Å². The van der Waals surface area contributed by atoms with E-state index in [9.17, 15) is 0 Å². The summed E-state index contributed by atoms with van der Waals surface area (Å²) in [7, 11) is 2.11. The zero-order chi connectivity index (χ0) is 13.4. The molecule has 1 aromatic carbocycles. The molecule has 1 N–H and O–H groups in total. The fourth-order valence-electron chi connectivity index (χ4n) is 2.73. The second-order valence-corrected chi connectivity index (χ2v) is 6.07. The monoisotopic (exact) mass is 322 g/mol. The lowest BCUT2D eigenvalue weighted by Gasteiger charge is -2.20. The molecule has 0 saturated carbocycles. The zero-order valence-electron chi connectivity index (χ0n) is 11.4. The lowest BCUT2D eigenvalue weighted by molar-refractivity contribution is 0.724. The van der Waals surface area contributed by atoms with E-state index in [0.29, 0.717) is 0 Å². The molecule has 102 valence electrons. The van der Waals surface area contributed by atoms with Crippen molar-refractivity contribution in [2.24, 2.45) is 7.05 Å². The van der Waals surface area contributed by atoms with Gasteiger partial charge < -0.3 is 14.8 Å². The van der Waals surface area contributed by atoms with Crippen LogP contribution in [0.5, 0.6) is 0 Å². The fraction of sp³-hybridized carbons (Fsp3) is 0.500. The first kappa shape index (κ1) is 12.9. The standard InChI is InChI=1S/C14H19BrN4/c1-10-8-11(15)9-12-13(10)17-14(18(12)2)19-6-3-4-16-5-7-19/h8-9,16H,3-7H2,1-2H3. The molecule has 19 heavy (non-hydrogen) atoms. The van der Waals surface area contributed by atoms with E-state index in [0.717, 1.165) is 42.1 Å². The lowest BCUT2D eigenvalue weighted by atomic mass is 10.2. The number of hydrogen-bond acceptors (Lipinski definition) is 3. The minimum absolute atomic E-state index is 1.03.